The summed E-state index contributed by atoms with van der Waals surface area (Å²) >= 11 is 5.73. The molecule has 0 aliphatic heterocycles. The molecule has 0 heterocycles. The van der Waals surface area contributed by atoms with Crippen molar-refractivity contribution < 1.29 is 10.0 Å². The van der Waals surface area contributed by atoms with Crippen LogP contribution in [0.5, 0.6) is 5.75 Å². The molecule has 0 unspecified atom stereocenters. The minimum Gasteiger partial charge on any atom is -0.508 e. The van der Waals surface area contributed by atoms with Crippen molar-refractivity contribution in [3.05, 3.63) is 63.2 Å². The summed E-state index contributed by atoms with van der Waals surface area (Å²) < 4.78 is 0. The molecule has 0 radical (unpaired) electrons. The fourth-order valence-electron chi connectivity index (χ4n) is 1.66. The van der Waals surface area contributed by atoms with Gasteiger partial charge in [-0.15, -0.1) is 0 Å². The first-order valence-corrected chi connectivity index (χ1v) is 5.90. The molecule has 19 heavy (non-hydrogen) atoms. The second-order valence-corrected chi connectivity index (χ2v) is 4.34. The standard InChI is InChI=1S/C13H11ClN2O3/c14-10-5-6-11(12(7-10)16(18)19)15-8-9-3-1-2-4-13(9)17/h1-7,15,17H,8H2. The molecular weight excluding hydrogens is 268 g/mol. The monoisotopic (exact) mass is 278 g/mol. The van der Waals surface area contributed by atoms with Crippen molar-refractivity contribution in [2.75, 3.05) is 5.32 Å². The number of halogens is 1. The van der Waals surface area contributed by atoms with Crippen molar-refractivity contribution in [3.63, 3.8) is 0 Å². The van der Waals surface area contributed by atoms with E-state index in [0.717, 1.165) is 0 Å². The fourth-order valence-corrected chi connectivity index (χ4v) is 1.82. The number of phenolic OH excluding ortho intramolecular Hbond substituents is 1. The first kappa shape index (κ1) is 13.2. The highest BCUT2D eigenvalue weighted by atomic mass is 35.5. The highest BCUT2D eigenvalue weighted by molar-refractivity contribution is 6.30. The highest BCUT2D eigenvalue weighted by Crippen LogP contribution is 2.28. The van der Waals surface area contributed by atoms with Crippen molar-refractivity contribution in [1.29, 1.82) is 0 Å². The Balaban J connectivity index is 2.20. The number of nitrogens with zero attached hydrogens (tertiary/aromatic N) is 1. The number of para-hydroxylation sites is 1. The molecule has 0 aromatic heterocycles. The largest absolute Gasteiger partial charge is 0.508 e. The Labute approximate surface area is 114 Å². The smallest absolute Gasteiger partial charge is 0.293 e. The molecule has 0 saturated heterocycles. The zero-order chi connectivity index (χ0) is 13.8. The van der Waals surface area contributed by atoms with Crippen molar-refractivity contribution in [1.82, 2.24) is 0 Å². The maximum atomic E-state index is 10.9. The third kappa shape index (κ3) is 3.14. The third-order valence-corrected chi connectivity index (χ3v) is 2.85. The number of phenols is 1. The summed E-state index contributed by atoms with van der Waals surface area (Å²) in [6.07, 6.45) is 0. The Morgan fingerprint density at radius 2 is 2.00 bits per heavy atom. The quantitative estimate of drug-likeness (QED) is 0.662. The van der Waals surface area contributed by atoms with Gasteiger partial charge in [0.15, 0.2) is 0 Å². The third-order valence-electron chi connectivity index (χ3n) is 2.62. The predicted octanol–water partition coefficient (Wildman–Crippen LogP) is 3.57. The van der Waals surface area contributed by atoms with Crippen LogP contribution in [0.2, 0.25) is 5.02 Å². The minimum atomic E-state index is -0.501. The van der Waals surface area contributed by atoms with E-state index in [9.17, 15) is 15.2 Å². The Morgan fingerprint density at radius 3 is 2.68 bits per heavy atom. The van der Waals surface area contributed by atoms with Crippen LogP contribution >= 0.6 is 11.6 Å². The number of nitro benzene ring substituents is 1. The molecule has 98 valence electrons. The molecule has 0 aliphatic rings. The van der Waals surface area contributed by atoms with Gasteiger partial charge in [-0.25, -0.2) is 0 Å². The van der Waals surface area contributed by atoms with Gasteiger partial charge in [-0.3, -0.25) is 10.1 Å². The molecule has 0 amide bonds. The maximum absolute atomic E-state index is 10.9. The Hall–Kier alpha value is -2.27. The summed E-state index contributed by atoms with van der Waals surface area (Å²) in [5, 5.41) is 23.7. The van der Waals surface area contributed by atoms with E-state index >= 15 is 0 Å². The van der Waals surface area contributed by atoms with Crippen LogP contribution in [-0.4, -0.2) is 10.0 Å². The minimum absolute atomic E-state index is 0.0945. The number of benzene rings is 2. The maximum Gasteiger partial charge on any atom is 0.293 e. The summed E-state index contributed by atoms with van der Waals surface area (Å²) in [6, 6.07) is 11.2. The lowest BCUT2D eigenvalue weighted by molar-refractivity contribution is -0.383. The average Bonchev–Trinajstić information content (AvgIpc) is 2.38. The van der Waals surface area contributed by atoms with Gasteiger partial charge in [0.1, 0.15) is 11.4 Å². The van der Waals surface area contributed by atoms with Gasteiger partial charge in [-0.1, -0.05) is 29.8 Å². The lowest BCUT2D eigenvalue weighted by atomic mass is 10.2. The van der Waals surface area contributed by atoms with E-state index < -0.39 is 4.92 Å². The molecule has 0 atom stereocenters. The normalized spacial score (nSPS) is 10.2. The molecule has 6 heteroatoms. The Morgan fingerprint density at radius 1 is 1.26 bits per heavy atom. The van der Waals surface area contributed by atoms with Crippen molar-refractivity contribution in [2.24, 2.45) is 0 Å². The summed E-state index contributed by atoms with van der Waals surface area (Å²) in [6.45, 7) is 0.287. The molecule has 0 spiro atoms. The number of hydrogen-bond donors (Lipinski definition) is 2. The predicted molar refractivity (Wildman–Crippen MR) is 73.5 cm³/mol. The van der Waals surface area contributed by atoms with E-state index in [1.807, 2.05) is 0 Å². The second kappa shape index (κ2) is 5.58. The van der Waals surface area contributed by atoms with Crippen LogP contribution in [-0.2, 0) is 6.54 Å². The first-order chi connectivity index (χ1) is 9.08. The van der Waals surface area contributed by atoms with Gasteiger partial charge >= 0.3 is 0 Å². The summed E-state index contributed by atoms with van der Waals surface area (Å²) in [5.41, 5.74) is 0.923. The van der Waals surface area contributed by atoms with E-state index in [1.54, 1.807) is 36.4 Å². The van der Waals surface area contributed by atoms with E-state index in [-0.39, 0.29) is 18.0 Å². The summed E-state index contributed by atoms with van der Waals surface area (Å²) in [5.74, 6) is 0.145. The first-order valence-electron chi connectivity index (χ1n) is 5.52. The van der Waals surface area contributed by atoms with Crippen LogP contribution in [0.3, 0.4) is 0 Å². The second-order valence-electron chi connectivity index (χ2n) is 3.90. The van der Waals surface area contributed by atoms with Gasteiger partial charge in [0.2, 0.25) is 0 Å². The Bertz CT molecular complexity index is 617. The van der Waals surface area contributed by atoms with Crippen molar-refractivity contribution in [2.45, 2.75) is 6.54 Å². The topological polar surface area (TPSA) is 75.4 Å². The SMILES string of the molecule is O=[N+]([O-])c1cc(Cl)ccc1NCc1ccccc1O. The van der Waals surface area contributed by atoms with E-state index in [2.05, 4.69) is 5.32 Å². The van der Waals surface area contributed by atoms with Crippen LogP contribution in [0.4, 0.5) is 11.4 Å². The zero-order valence-electron chi connectivity index (χ0n) is 9.84. The van der Waals surface area contributed by atoms with Crippen LogP contribution in [0.1, 0.15) is 5.56 Å². The number of anilines is 1. The number of hydrogen-bond acceptors (Lipinski definition) is 4. The molecule has 2 aromatic carbocycles. The lowest BCUT2D eigenvalue weighted by Crippen LogP contribution is -2.02. The number of nitrogens with one attached hydrogen (secondary N) is 1. The summed E-state index contributed by atoms with van der Waals surface area (Å²) in [7, 11) is 0. The molecular formula is C13H11ClN2O3. The Kier molecular flexibility index (Phi) is 3.87. The molecule has 5 nitrogen and oxygen atoms in total. The van der Waals surface area contributed by atoms with Crippen LogP contribution in [0.15, 0.2) is 42.5 Å². The van der Waals surface area contributed by atoms with Gasteiger partial charge < -0.3 is 10.4 Å². The number of rotatable bonds is 4. The van der Waals surface area contributed by atoms with E-state index in [0.29, 0.717) is 16.3 Å². The van der Waals surface area contributed by atoms with Gasteiger partial charge in [-0.2, -0.15) is 0 Å². The molecule has 2 aromatic rings. The molecule has 2 N–H and O–H groups in total. The van der Waals surface area contributed by atoms with Gasteiger partial charge in [0.05, 0.1) is 4.92 Å². The number of aromatic hydroxyl groups is 1. The van der Waals surface area contributed by atoms with Crippen LogP contribution < -0.4 is 5.32 Å². The molecule has 0 bridgehead atoms. The molecule has 0 fully saturated rings. The van der Waals surface area contributed by atoms with E-state index in [4.69, 9.17) is 11.6 Å². The molecule has 0 aliphatic carbocycles. The molecule has 0 saturated carbocycles. The fraction of sp³-hybridized carbons (Fsp3) is 0.0769. The number of nitro groups is 1. The average molecular weight is 279 g/mol. The lowest BCUT2D eigenvalue weighted by Gasteiger charge is -2.08. The van der Waals surface area contributed by atoms with Crippen molar-refractivity contribution >= 4 is 23.0 Å². The zero-order valence-corrected chi connectivity index (χ0v) is 10.6. The summed E-state index contributed by atoms with van der Waals surface area (Å²) in [4.78, 5) is 10.4. The van der Waals surface area contributed by atoms with Crippen LogP contribution in [0.25, 0.3) is 0 Å². The van der Waals surface area contributed by atoms with Gasteiger partial charge in [0, 0.05) is 23.2 Å². The molecule has 2 rings (SSSR count). The van der Waals surface area contributed by atoms with Crippen LogP contribution in [0, 0.1) is 10.1 Å². The van der Waals surface area contributed by atoms with E-state index in [1.165, 1.54) is 6.07 Å². The van der Waals surface area contributed by atoms with Gasteiger partial charge in [-0.05, 0) is 18.2 Å². The highest BCUT2D eigenvalue weighted by Gasteiger charge is 2.14. The van der Waals surface area contributed by atoms with Crippen molar-refractivity contribution in [3.8, 4) is 5.75 Å². The van der Waals surface area contributed by atoms with Gasteiger partial charge in [0.25, 0.3) is 5.69 Å².